The van der Waals surface area contributed by atoms with E-state index in [0.717, 1.165) is 9.80 Å². The number of rotatable bonds is 3. The summed E-state index contributed by atoms with van der Waals surface area (Å²) in [7, 11) is 0. The molecule has 1 aromatic carbocycles. The van der Waals surface area contributed by atoms with Crippen molar-refractivity contribution >= 4 is 29.3 Å². The number of para-hydroxylation sites is 1. The van der Waals surface area contributed by atoms with Crippen LogP contribution in [0.15, 0.2) is 18.2 Å². The Hall–Kier alpha value is -3.76. The van der Waals surface area contributed by atoms with Gasteiger partial charge in [0.05, 0.1) is 17.2 Å². The summed E-state index contributed by atoms with van der Waals surface area (Å²) in [5, 5.41) is 14.3. The zero-order valence-corrected chi connectivity index (χ0v) is 23.8. The van der Waals surface area contributed by atoms with Crippen molar-refractivity contribution < 1.29 is 41.1 Å². The van der Waals surface area contributed by atoms with Crippen LogP contribution in [0.3, 0.4) is 0 Å². The Morgan fingerprint density at radius 2 is 1.86 bits per heavy atom. The Morgan fingerprint density at radius 3 is 2.49 bits per heavy atom. The number of benzene rings is 1. The highest BCUT2D eigenvalue weighted by Crippen LogP contribution is 2.49. The maximum atomic E-state index is 14.7. The normalized spacial score (nSPS) is 30.9. The molecule has 0 radical (unpaired) electrons. The summed E-state index contributed by atoms with van der Waals surface area (Å²) in [5.41, 5.74) is -2.40. The Morgan fingerprint density at radius 1 is 1.16 bits per heavy atom. The van der Waals surface area contributed by atoms with Crippen LogP contribution in [0, 0.1) is 34.4 Å². The van der Waals surface area contributed by atoms with Crippen LogP contribution in [0.1, 0.15) is 52.0 Å². The van der Waals surface area contributed by atoms with Gasteiger partial charge in [0.15, 0.2) is 0 Å². The first-order chi connectivity index (χ1) is 20.0. The molecule has 3 fully saturated rings. The van der Waals surface area contributed by atoms with Crippen LogP contribution in [-0.2, 0) is 24.6 Å². The zero-order valence-electron chi connectivity index (χ0n) is 23.8. The predicted octanol–water partition coefficient (Wildman–Crippen LogP) is 3.20. The largest absolute Gasteiger partial charge is 0.471 e. The van der Waals surface area contributed by atoms with Crippen molar-refractivity contribution in [1.29, 1.82) is 5.26 Å². The van der Waals surface area contributed by atoms with Gasteiger partial charge in [0.1, 0.15) is 30.1 Å². The molecule has 3 aliphatic heterocycles. The van der Waals surface area contributed by atoms with Crippen LogP contribution in [0.2, 0.25) is 0 Å². The van der Waals surface area contributed by atoms with Crippen LogP contribution in [0.5, 0.6) is 0 Å². The van der Waals surface area contributed by atoms with E-state index in [1.165, 1.54) is 39.0 Å². The second-order valence-corrected chi connectivity index (χ2v) is 13.1. The number of halogens is 5. The third-order valence-electron chi connectivity index (χ3n) is 9.33. The van der Waals surface area contributed by atoms with Gasteiger partial charge in [0.2, 0.25) is 17.7 Å². The topological polar surface area (TPSA) is 123 Å². The lowest BCUT2D eigenvalue weighted by atomic mass is 9.77. The van der Waals surface area contributed by atoms with Crippen molar-refractivity contribution in [1.82, 2.24) is 15.1 Å². The fourth-order valence-corrected chi connectivity index (χ4v) is 7.18. The number of fused-ring (bicyclic) bond motifs is 3. The molecular formula is C29H32F5N5O4. The number of amides is 4. The van der Waals surface area contributed by atoms with E-state index in [0.29, 0.717) is 6.42 Å². The summed E-state index contributed by atoms with van der Waals surface area (Å²) in [6.45, 7) is 4.04. The van der Waals surface area contributed by atoms with Gasteiger partial charge in [-0.15, -0.1) is 0 Å². The van der Waals surface area contributed by atoms with Gasteiger partial charge < -0.3 is 20.4 Å². The van der Waals surface area contributed by atoms with E-state index in [1.807, 2.05) is 6.07 Å². The fourth-order valence-electron chi connectivity index (χ4n) is 7.18. The Balaban J connectivity index is 1.51. The molecule has 1 unspecified atom stereocenters. The Kier molecular flexibility index (Phi) is 7.46. The Labute approximate surface area is 244 Å². The monoisotopic (exact) mass is 609 g/mol. The molecule has 232 valence electrons. The summed E-state index contributed by atoms with van der Waals surface area (Å²) in [6.07, 6.45) is -6.25. The van der Waals surface area contributed by atoms with Crippen molar-refractivity contribution in [3.8, 4) is 6.07 Å². The quantitative estimate of drug-likeness (QED) is 0.510. The second kappa shape index (κ2) is 10.4. The van der Waals surface area contributed by atoms with E-state index in [9.17, 15) is 46.4 Å². The highest BCUT2D eigenvalue weighted by atomic mass is 19.4. The minimum absolute atomic E-state index is 0.0443. The average Bonchev–Trinajstić information content (AvgIpc) is 3.58. The highest BCUT2D eigenvalue weighted by Gasteiger charge is 2.60. The molecular weight excluding hydrogens is 577 g/mol. The third kappa shape index (κ3) is 5.10. The minimum atomic E-state index is -5.26. The smallest absolute Gasteiger partial charge is 0.336 e. The lowest BCUT2D eigenvalue weighted by Crippen LogP contribution is -2.60. The minimum Gasteiger partial charge on any atom is -0.336 e. The molecule has 1 aromatic rings. The number of carbonyl (C=O) groups is 4. The molecule has 0 aromatic heterocycles. The summed E-state index contributed by atoms with van der Waals surface area (Å²) in [5.74, 6) is -6.30. The number of alkyl halides is 4. The SMILES string of the molecule is CC(C)(C)[C@H](NC(=O)C(F)(F)F)C(=O)N1CC2CC[C@@H](F)C[C@@H]2[C@H]1C(=O)N1C[C@]2(C[C@H]1C#N)C(=O)Nc1c(F)cccc12. The van der Waals surface area contributed by atoms with Crippen molar-refractivity contribution in [2.24, 2.45) is 17.3 Å². The maximum absolute atomic E-state index is 14.7. The number of hydrogen-bond donors (Lipinski definition) is 2. The van der Waals surface area contributed by atoms with Gasteiger partial charge in [-0.3, -0.25) is 19.2 Å². The molecule has 1 saturated carbocycles. The van der Waals surface area contributed by atoms with E-state index in [-0.39, 0.29) is 49.5 Å². The van der Waals surface area contributed by atoms with Gasteiger partial charge in [0, 0.05) is 19.5 Å². The molecule has 43 heavy (non-hydrogen) atoms. The summed E-state index contributed by atoms with van der Waals surface area (Å²) in [4.78, 5) is 55.7. The fraction of sp³-hybridized carbons (Fsp3) is 0.621. The zero-order chi connectivity index (χ0) is 31.6. The molecule has 5 rings (SSSR count). The molecule has 7 atom stereocenters. The maximum Gasteiger partial charge on any atom is 0.471 e. The van der Waals surface area contributed by atoms with E-state index < -0.39 is 76.7 Å². The molecule has 4 aliphatic rings. The van der Waals surface area contributed by atoms with Crippen LogP contribution in [0.25, 0.3) is 0 Å². The first-order valence-electron chi connectivity index (χ1n) is 14.1. The van der Waals surface area contributed by atoms with Gasteiger partial charge >= 0.3 is 12.1 Å². The van der Waals surface area contributed by atoms with Crippen LogP contribution in [-0.4, -0.2) is 77.0 Å². The number of carbonyl (C=O) groups excluding carboxylic acids is 4. The molecule has 3 heterocycles. The first kappa shape index (κ1) is 30.7. The molecule has 1 aliphatic carbocycles. The summed E-state index contributed by atoms with van der Waals surface area (Å²) in [6, 6.07) is 1.96. The molecule has 2 N–H and O–H groups in total. The molecule has 4 amide bonds. The number of nitrogens with zero attached hydrogens (tertiary/aromatic N) is 3. The third-order valence-corrected chi connectivity index (χ3v) is 9.33. The standard InChI is InChI=1S/C29H32F5N5O4/c1-27(2,3)22(37-26(43)29(32,33)34)24(41)38-12-14-7-8-15(30)9-17(14)21(38)23(40)39-13-28(10-16(39)11-35)18-5-4-6-19(31)20(18)36-25(28)42/h4-6,14-17,21-22H,7-10,12-13H2,1-3H3,(H,36,42)(H,37,43)/t14?,15-,16+,17+,21+,22-,28+/m1/s1. The van der Waals surface area contributed by atoms with Gasteiger partial charge in [-0.05, 0) is 48.1 Å². The molecule has 1 spiro atoms. The highest BCUT2D eigenvalue weighted by molar-refractivity contribution is 6.07. The van der Waals surface area contributed by atoms with E-state index in [2.05, 4.69) is 5.32 Å². The van der Waals surface area contributed by atoms with Crippen LogP contribution in [0.4, 0.5) is 27.6 Å². The number of anilines is 1. The second-order valence-electron chi connectivity index (χ2n) is 13.1. The van der Waals surface area contributed by atoms with Crippen molar-refractivity contribution in [2.75, 3.05) is 18.4 Å². The van der Waals surface area contributed by atoms with Crippen molar-refractivity contribution in [3.05, 3.63) is 29.6 Å². The molecule has 0 bridgehead atoms. The van der Waals surface area contributed by atoms with Gasteiger partial charge in [-0.2, -0.15) is 18.4 Å². The van der Waals surface area contributed by atoms with E-state index in [4.69, 9.17) is 0 Å². The van der Waals surface area contributed by atoms with Gasteiger partial charge in [0.25, 0.3) is 0 Å². The van der Waals surface area contributed by atoms with Gasteiger partial charge in [-0.1, -0.05) is 32.9 Å². The number of nitriles is 1. The molecule has 2 saturated heterocycles. The average molecular weight is 610 g/mol. The molecule has 9 nitrogen and oxygen atoms in total. The number of likely N-dealkylation sites (tertiary alicyclic amines) is 2. The number of nitrogens with one attached hydrogen (secondary N) is 2. The summed E-state index contributed by atoms with van der Waals surface area (Å²) >= 11 is 0. The lowest BCUT2D eigenvalue weighted by molar-refractivity contribution is -0.176. The van der Waals surface area contributed by atoms with Crippen molar-refractivity contribution in [3.63, 3.8) is 0 Å². The van der Waals surface area contributed by atoms with Gasteiger partial charge in [-0.25, -0.2) is 8.78 Å². The predicted molar refractivity (Wildman–Crippen MR) is 141 cm³/mol. The van der Waals surface area contributed by atoms with E-state index >= 15 is 0 Å². The first-order valence-corrected chi connectivity index (χ1v) is 14.1. The lowest BCUT2D eigenvalue weighted by Gasteiger charge is -2.38. The van der Waals surface area contributed by atoms with Crippen LogP contribution >= 0.6 is 0 Å². The molecule has 14 heteroatoms. The summed E-state index contributed by atoms with van der Waals surface area (Å²) < 4.78 is 68.8. The van der Waals surface area contributed by atoms with E-state index in [1.54, 1.807) is 5.32 Å². The van der Waals surface area contributed by atoms with Crippen molar-refractivity contribution in [2.45, 2.75) is 82.3 Å². The Bertz CT molecular complexity index is 1400. The number of hydrogen-bond acceptors (Lipinski definition) is 5. The van der Waals surface area contributed by atoms with Crippen LogP contribution < -0.4 is 10.6 Å².